The monoisotopic (exact) mass is 468 g/mol. The van der Waals surface area contributed by atoms with Gasteiger partial charge in [0.1, 0.15) is 11.5 Å². The molecule has 1 aliphatic rings. The number of nitrogens with one attached hydrogen (secondary N) is 1. The molecule has 1 aliphatic heterocycles. The zero-order valence-electron chi connectivity index (χ0n) is 19.5. The molecule has 1 fully saturated rings. The summed E-state index contributed by atoms with van der Waals surface area (Å²) in [6.07, 6.45) is 2.41. The van der Waals surface area contributed by atoms with E-state index in [-0.39, 0.29) is 18.0 Å². The lowest BCUT2D eigenvalue weighted by Gasteiger charge is -2.16. The van der Waals surface area contributed by atoms with Gasteiger partial charge in [-0.1, -0.05) is 36.4 Å². The van der Waals surface area contributed by atoms with Gasteiger partial charge in [0.25, 0.3) is 11.5 Å². The second-order valence-electron chi connectivity index (χ2n) is 8.69. The number of fused-ring (bicyclic) bond motifs is 1. The highest BCUT2D eigenvalue weighted by Crippen LogP contribution is 2.21. The molecule has 1 aromatic heterocycles. The molecule has 7 nitrogen and oxygen atoms in total. The molecule has 0 radical (unpaired) electrons. The molecular weight excluding hydrogens is 440 g/mol. The SMILES string of the molecule is O=C(NCc1nn(CCN2CCCC2)c(=O)c2ccccc12)c1ccc(Oc2ccccc2)cc1. The molecule has 178 valence electrons. The van der Waals surface area contributed by atoms with Gasteiger partial charge in [-0.05, 0) is 68.4 Å². The lowest BCUT2D eigenvalue weighted by Crippen LogP contribution is -2.32. The number of amides is 1. The van der Waals surface area contributed by atoms with Crippen molar-refractivity contribution in [2.24, 2.45) is 0 Å². The first-order valence-electron chi connectivity index (χ1n) is 12.0. The molecule has 0 saturated carbocycles. The van der Waals surface area contributed by atoms with Crippen molar-refractivity contribution in [3.63, 3.8) is 0 Å². The van der Waals surface area contributed by atoms with Gasteiger partial charge in [0.05, 0.1) is 24.2 Å². The molecule has 0 atom stereocenters. The summed E-state index contributed by atoms with van der Waals surface area (Å²) < 4.78 is 7.34. The van der Waals surface area contributed by atoms with Gasteiger partial charge < -0.3 is 15.0 Å². The highest BCUT2D eigenvalue weighted by atomic mass is 16.5. The Bertz CT molecular complexity index is 1360. The van der Waals surface area contributed by atoms with Crippen LogP contribution in [0.25, 0.3) is 10.8 Å². The summed E-state index contributed by atoms with van der Waals surface area (Å²) in [7, 11) is 0. The zero-order chi connectivity index (χ0) is 24.0. The van der Waals surface area contributed by atoms with Crippen molar-refractivity contribution in [2.45, 2.75) is 25.9 Å². The van der Waals surface area contributed by atoms with Crippen LogP contribution in [0.5, 0.6) is 11.5 Å². The van der Waals surface area contributed by atoms with E-state index >= 15 is 0 Å². The van der Waals surface area contributed by atoms with Crippen LogP contribution in [0.3, 0.4) is 0 Å². The number of carbonyl (C=O) groups is 1. The summed E-state index contributed by atoms with van der Waals surface area (Å²) >= 11 is 0. The molecule has 2 heterocycles. The first kappa shape index (κ1) is 22.8. The molecule has 1 N–H and O–H groups in total. The van der Waals surface area contributed by atoms with Crippen LogP contribution in [0.1, 0.15) is 28.9 Å². The van der Waals surface area contributed by atoms with E-state index in [1.54, 1.807) is 24.3 Å². The van der Waals surface area contributed by atoms with Gasteiger partial charge in [-0.25, -0.2) is 4.68 Å². The molecule has 0 bridgehead atoms. The lowest BCUT2D eigenvalue weighted by atomic mass is 10.1. The number of hydrogen-bond donors (Lipinski definition) is 1. The Labute approximate surface area is 204 Å². The van der Waals surface area contributed by atoms with Crippen molar-refractivity contribution in [1.82, 2.24) is 20.0 Å². The van der Waals surface area contributed by atoms with Crippen LogP contribution >= 0.6 is 0 Å². The average Bonchev–Trinajstić information content (AvgIpc) is 3.42. The van der Waals surface area contributed by atoms with Gasteiger partial charge in [0.15, 0.2) is 0 Å². The molecule has 0 aliphatic carbocycles. The summed E-state index contributed by atoms with van der Waals surface area (Å²) in [5, 5.41) is 8.97. The van der Waals surface area contributed by atoms with Crippen LogP contribution in [-0.4, -0.2) is 40.2 Å². The molecule has 5 rings (SSSR count). The van der Waals surface area contributed by atoms with Crippen molar-refractivity contribution >= 4 is 16.7 Å². The number of hydrogen-bond acceptors (Lipinski definition) is 5. The minimum atomic E-state index is -0.211. The van der Waals surface area contributed by atoms with E-state index in [9.17, 15) is 9.59 Å². The number of carbonyl (C=O) groups excluding carboxylic acids is 1. The number of likely N-dealkylation sites (tertiary alicyclic amines) is 1. The standard InChI is InChI=1S/C28H28N4O3/c33-27(21-12-14-23(15-13-21)35-22-8-2-1-3-9-22)29-20-26-24-10-4-5-11-25(24)28(34)32(30-26)19-18-31-16-6-7-17-31/h1-5,8-15H,6-7,16-20H2,(H,29,33). The topological polar surface area (TPSA) is 76.5 Å². The maximum atomic E-state index is 13.0. The van der Waals surface area contributed by atoms with Crippen LogP contribution in [0.15, 0.2) is 83.7 Å². The van der Waals surface area contributed by atoms with E-state index in [0.717, 1.165) is 30.8 Å². The average molecular weight is 469 g/mol. The number of rotatable bonds is 8. The van der Waals surface area contributed by atoms with Crippen LogP contribution in [0.2, 0.25) is 0 Å². The Morgan fingerprint density at radius 2 is 1.49 bits per heavy atom. The van der Waals surface area contributed by atoms with Crippen molar-refractivity contribution in [3.8, 4) is 11.5 Å². The molecule has 7 heteroatoms. The smallest absolute Gasteiger partial charge is 0.274 e. The fraction of sp³-hybridized carbons (Fsp3) is 0.250. The Hall–Kier alpha value is -3.97. The van der Waals surface area contributed by atoms with E-state index in [4.69, 9.17) is 4.74 Å². The van der Waals surface area contributed by atoms with Gasteiger partial charge >= 0.3 is 0 Å². The third-order valence-corrected chi connectivity index (χ3v) is 6.28. The predicted octanol–water partition coefficient (Wildman–Crippen LogP) is 4.21. The Kier molecular flexibility index (Phi) is 6.86. The normalized spacial score (nSPS) is 13.7. The summed E-state index contributed by atoms with van der Waals surface area (Å²) in [5.74, 6) is 1.19. The van der Waals surface area contributed by atoms with Crippen LogP contribution in [0, 0.1) is 0 Å². The molecule has 4 aromatic rings. The van der Waals surface area contributed by atoms with Crippen LogP contribution in [0.4, 0.5) is 0 Å². The summed E-state index contributed by atoms with van der Waals surface area (Å²) in [4.78, 5) is 28.2. The van der Waals surface area contributed by atoms with E-state index < -0.39 is 0 Å². The maximum Gasteiger partial charge on any atom is 0.274 e. The van der Waals surface area contributed by atoms with E-state index in [0.29, 0.717) is 28.9 Å². The largest absolute Gasteiger partial charge is 0.457 e. The van der Waals surface area contributed by atoms with E-state index in [2.05, 4.69) is 15.3 Å². The number of aromatic nitrogens is 2. The summed E-state index contributed by atoms with van der Waals surface area (Å²) in [5.41, 5.74) is 1.11. The van der Waals surface area contributed by atoms with Gasteiger partial charge in [-0.2, -0.15) is 5.10 Å². The Morgan fingerprint density at radius 1 is 0.829 bits per heavy atom. The summed E-state index contributed by atoms with van der Waals surface area (Å²) in [6, 6.07) is 23.9. The van der Waals surface area contributed by atoms with Crippen LogP contribution in [-0.2, 0) is 13.1 Å². The molecule has 0 spiro atoms. The molecular formula is C28H28N4O3. The minimum absolute atomic E-state index is 0.0936. The third kappa shape index (κ3) is 5.41. The quantitative estimate of drug-likeness (QED) is 0.419. The van der Waals surface area contributed by atoms with Crippen molar-refractivity contribution in [3.05, 3.63) is 100 Å². The van der Waals surface area contributed by atoms with Gasteiger partial charge in [0.2, 0.25) is 0 Å². The highest BCUT2D eigenvalue weighted by molar-refractivity contribution is 5.94. The highest BCUT2D eigenvalue weighted by Gasteiger charge is 2.15. The van der Waals surface area contributed by atoms with Crippen molar-refractivity contribution in [2.75, 3.05) is 19.6 Å². The fourth-order valence-corrected chi connectivity index (χ4v) is 4.39. The van der Waals surface area contributed by atoms with Gasteiger partial charge in [-0.3, -0.25) is 9.59 Å². The Morgan fingerprint density at radius 3 is 2.23 bits per heavy atom. The fourth-order valence-electron chi connectivity index (χ4n) is 4.39. The Balaban J connectivity index is 1.29. The second kappa shape index (κ2) is 10.5. The number of benzene rings is 3. The number of para-hydroxylation sites is 1. The number of ether oxygens (including phenoxy) is 1. The second-order valence-corrected chi connectivity index (χ2v) is 8.69. The third-order valence-electron chi connectivity index (χ3n) is 6.28. The zero-order valence-corrected chi connectivity index (χ0v) is 19.5. The van der Waals surface area contributed by atoms with Gasteiger partial charge in [-0.15, -0.1) is 0 Å². The van der Waals surface area contributed by atoms with Crippen molar-refractivity contribution in [1.29, 1.82) is 0 Å². The molecule has 0 unspecified atom stereocenters. The summed E-state index contributed by atoms with van der Waals surface area (Å²) in [6.45, 7) is 3.70. The number of nitrogens with zero attached hydrogens (tertiary/aromatic N) is 3. The van der Waals surface area contributed by atoms with E-state index in [1.165, 1.54) is 17.5 Å². The molecule has 3 aromatic carbocycles. The minimum Gasteiger partial charge on any atom is -0.457 e. The molecule has 35 heavy (non-hydrogen) atoms. The molecule has 1 amide bonds. The van der Waals surface area contributed by atoms with Crippen molar-refractivity contribution < 1.29 is 9.53 Å². The van der Waals surface area contributed by atoms with E-state index in [1.807, 2.05) is 54.6 Å². The molecule has 1 saturated heterocycles. The first-order chi connectivity index (χ1) is 17.2. The maximum absolute atomic E-state index is 13.0. The van der Waals surface area contributed by atoms with Crippen LogP contribution < -0.4 is 15.6 Å². The first-order valence-corrected chi connectivity index (χ1v) is 12.0. The lowest BCUT2D eigenvalue weighted by molar-refractivity contribution is 0.0950. The predicted molar refractivity (Wildman–Crippen MR) is 136 cm³/mol. The van der Waals surface area contributed by atoms with Gasteiger partial charge in [0, 0.05) is 17.5 Å².